The maximum absolute atomic E-state index is 10.5. The van der Waals surface area contributed by atoms with E-state index in [2.05, 4.69) is 5.10 Å². The van der Waals surface area contributed by atoms with Crippen molar-refractivity contribution in [2.24, 2.45) is 0 Å². The van der Waals surface area contributed by atoms with Crippen LogP contribution in [0.3, 0.4) is 0 Å². The first kappa shape index (κ1) is 11.6. The summed E-state index contributed by atoms with van der Waals surface area (Å²) in [6.07, 6.45) is 0.570. The predicted octanol–water partition coefficient (Wildman–Crippen LogP) is 1.26. The number of hydrogen-bond acceptors (Lipinski definition) is 4. The van der Waals surface area contributed by atoms with E-state index >= 15 is 0 Å². The fourth-order valence-electron chi connectivity index (χ4n) is 1.18. The van der Waals surface area contributed by atoms with Crippen molar-refractivity contribution in [1.29, 1.82) is 0 Å². The van der Waals surface area contributed by atoms with Gasteiger partial charge in [0, 0.05) is 0 Å². The Kier molecular flexibility index (Phi) is 3.09. The summed E-state index contributed by atoms with van der Waals surface area (Å²) in [5.41, 5.74) is -0.208. The summed E-state index contributed by atoms with van der Waals surface area (Å²) < 4.78 is 1.46. The fraction of sp³-hybridized carbons (Fsp3) is 0.667. The molecule has 0 amide bonds. The van der Waals surface area contributed by atoms with Gasteiger partial charge in [-0.15, -0.1) is 0 Å². The highest BCUT2D eigenvalue weighted by Gasteiger charge is 2.24. The molecule has 0 aromatic carbocycles. The standard InChI is InChI=1S/C9H15N3O3/c1-4-9(3,13)6-11-7(2)5-8(10-11)12(14)15/h5,13H,4,6H2,1-3H3/t9-/m0/s1. The summed E-state index contributed by atoms with van der Waals surface area (Å²) in [5.74, 6) is -0.181. The number of nitro groups is 1. The third kappa shape index (κ3) is 2.76. The third-order valence-electron chi connectivity index (χ3n) is 2.41. The molecule has 0 saturated heterocycles. The molecule has 0 bridgehead atoms. The van der Waals surface area contributed by atoms with Crippen LogP contribution in [0.15, 0.2) is 6.07 Å². The smallest absolute Gasteiger partial charge is 0.388 e. The minimum Gasteiger partial charge on any atom is -0.388 e. The lowest BCUT2D eigenvalue weighted by Crippen LogP contribution is -2.30. The number of rotatable bonds is 4. The Morgan fingerprint density at radius 3 is 2.73 bits per heavy atom. The zero-order valence-electron chi connectivity index (χ0n) is 9.10. The van der Waals surface area contributed by atoms with Gasteiger partial charge in [-0.2, -0.15) is 4.68 Å². The number of aliphatic hydroxyl groups is 1. The van der Waals surface area contributed by atoms with Crippen molar-refractivity contribution in [3.8, 4) is 0 Å². The quantitative estimate of drug-likeness (QED) is 0.603. The zero-order chi connectivity index (χ0) is 11.6. The maximum Gasteiger partial charge on any atom is 0.390 e. The summed E-state index contributed by atoms with van der Waals surface area (Å²) in [6.45, 7) is 5.53. The topological polar surface area (TPSA) is 81.2 Å². The van der Waals surface area contributed by atoms with E-state index < -0.39 is 10.5 Å². The van der Waals surface area contributed by atoms with Gasteiger partial charge in [-0.1, -0.05) is 6.92 Å². The molecule has 0 aliphatic carbocycles. The van der Waals surface area contributed by atoms with Gasteiger partial charge in [0.15, 0.2) is 0 Å². The van der Waals surface area contributed by atoms with Gasteiger partial charge in [0.1, 0.15) is 0 Å². The molecule has 1 rings (SSSR count). The van der Waals surface area contributed by atoms with E-state index in [-0.39, 0.29) is 12.4 Å². The molecule has 0 spiro atoms. The molecule has 0 radical (unpaired) electrons. The summed E-state index contributed by atoms with van der Waals surface area (Å²) in [6, 6.07) is 1.39. The largest absolute Gasteiger partial charge is 0.390 e. The van der Waals surface area contributed by atoms with Crippen molar-refractivity contribution in [3.63, 3.8) is 0 Å². The second-order valence-electron chi connectivity index (χ2n) is 3.91. The van der Waals surface area contributed by atoms with Gasteiger partial charge in [0.2, 0.25) is 0 Å². The van der Waals surface area contributed by atoms with Gasteiger partial charge in [0.05, 0.1) is 29.0 Å². The molecule has 0 unspecified atom stereocenters. The molecule has 0 saturated carbocycles. The number of aromatic nitrogens is 2. The lowest BCUT2D eigenvalue weighted by atomic mass is 10.0. The first-order chi connectivity index (χ1) is 6.85. The summed E-state index contributed by atoms with van der Waals surface area (Å²) >= 11 is 0. The van der Waals surface area contributed by atoms with Crippen molar-refractivity contribution >= 4 is 5.82 Å². The van der Waals surface area contributed by atoms with Crippen LogP contribution in [0, 0.1) is 17.0 Å². The molecule has 84 valence electrons. The van der Waals surface area contributed by atoms with Crippen LogP contribution in [0.4, 0.5) is 5.82 Å². The van der Waals surface area contributed by atoms with Gasteiger partial charge in [0.25, 0.3) is 0 Å². The van der Waals surface area contributed by atoms with Crippen molar-refractivity contribution in [2.45, 2.75) is 39.3 Å². The Morgan fingerprint density at radius 1 is 1.73 bits per heavy atom. The highest BCUT2D eigenvalue weighted by atomic mass is 16.6. The molecular weight excluding hydrogens is 198 g/mol. The van der Waals surface area contributed by atoms with Crippen molar-refractivity contribution in [1.82, 2.24) is 9.78 Å². The first-order valence-corrected chi connectivity index (χ1v) is 4.77. The highest BCUT2D eigenvalue weighted by molar-refractivity contribution is 5.21. The van der Waals surface area contributed by atoms with Gasteiger partial charge in [-0.3, -0.25) is 0 Å². The minimum absolute atomic E-state index is 0.181. The Morgan fingerprint density at radius 2 is 2.33 bits per heavy atom. The molecule has 1 heterocycles. The lowest BCUT2D eigenvalue weighted by Gasteiger charge is -2.19. The molecule has 0 aliphatic rings. The van der Waals surface area contributed by atoms with E-state index in [4.69, 9.17) is 0 Å². The van der Waals surface area contributed by atoms with E-state index in [1.54, 1.807) is 13.8 Å². The maximum atomic E-state index is 10.5. The zero-order valence-corrected chi connectivity index (χ0v) is 9.10. The van der Waals surface area contributed by atoms with Crippen molar-refractivity contribution in [2.75, 3.05) is 0 Å². The summed E-state index contributed by atoms with van der Waals surface area (Å²) in [4.78, 5) is 9.93. The Bertz CT molecular complexity index is 371. The summed E-state index contributed by atoms with van der Waals surface area (Å²) in [7, 11) is 0. The Hall–Kier alpha value is -1.43. The Balaban J connectivity index is 2.91. The molecule has 15 heavy (non-hydrogen) atoms. The second kappa shape index (κ2) is 3.98. The van der Waals surface area contributed by atoms with E-state index in [1.165, 1.54) is 10.7 Å². The highest BCUT2D eigenvalue weighted by Crippen LogP contribution is 2.16. The van der Waals surface area contributed by atoms with Crippen LogP contribution in [0.1, 0.15) is 26.0 Å². The third-order valence-corrected chi connectivity index (χ3v) is 2.41. The predicted molar refractivity (Wildman–Crippen MR) is 54.5 cm³/mol. The van der Waals surface area contributed by atoms with Crippen LogP contribution in [0.2, 0.25) is 0 Å². The van der Waals surface area contributed by atoms with Gasteiger partial charge in [-0.05, 0) is 25.2 Å². The summed E-state index contributed by atoms with van der Waals surface area (Å²) in [5, 5.41) is 24.1. The molecule has 6 heteroatoms. The monoisotopic (exact) mass is 213 g/mol. The Labute approximate surface area is 87.7 Å². The lowest BCUT2D eigenvalue weighted by molar-refractivity contribution is -0.389. The molecule has 1 atom stereocenters. The van der Waals surface area contributed by atoms with Crippen LogP contribution in [0.25, 0.3) is 0 Å². The average molecular weight is 213 g/mol. The normalized spacial score (nSPS) is 14.9. The first-order valence-electron chi connectivity index (χ1n) is 4.77. The van der Waals surface area contributed by atoms with E-state index in [1.807, 2.05) is 6.92 Å². The van der Waals surface area contributed by atoms with E-state index in [0.29, 0.717) is 12.1 Å². The van der Waals surface area contributed by atoms with Gasteiger partial charge < -0.3 is 15.2 Å². The van der Waals surface area contributed by atoms with Crippen molar-refractivity contribution in [3.05, 3.63) is 21.9 Å². The van der Waals surface area contributed by atoms with Crippen LogP contribution in [-0.4, -0.2) is 25.4 Å². The van der Waals surface area contributed by atoms with Crippen LogP contribution in [-0.2, 0) is 6.54 Å². The number of aryl methyl sites for hydroxylation is 1. The second-order valence-corrected chi connectivity index (χ2v) is 3.91. The van der Waals surface area contributed by atoms with Crippen molar-refractivity contribution < 1.29 is 10.0 Å². The van der Waals surface area contributed by atoms with Gasteiger partial charge in [-0.25, -0.2) is 0 Å². The molecular formula is C9H15N3O3. The molecule has 1 aromatic rings. The van der Waals surface area contributed by atoms with E-state index in [0.717, 1.165) is 0 Å². The minimum atomic E-state index is -0.884. The van der Waals surface area contributed by atoms with Crippen LogP contribution in [0.5, 0.6) is 0 Å². The molecule has 6 nitrogen and oxygen atoms in total. The average Bonchev–Trinajstić information content (AvgIpc) is 2.47. The molecule has 0 fully saturated rings. The van der Waals surface area contributed by atoms with E-state index in [9.17, 15) is 15.2 Å². The van der Waals surface area contributed by atoms with Gasteiger partial charge >= 0.3 is 5.82 Å². The molecule has 1 N–H and O–H groups in total. The van der Waals surface area contributed by atoms with Crippen LogP contribution < -0.4 is 0 Å². The SMILES string of the molecule is CC[C@](C)(O)Cn1nc([N+](=O)[O-])cc1C. The number of nitrogens with zero attached hydrogens (tertiary/aromatic N) is 3. The molecule has 0 aliphatic heterocycles. The number of hydrogen-bond donors (Lipinski definition) is 1. The molecule has 1 aromatic heterocycles. The van der Waals surface area contributed by atoms with Crippen LogP contribution >= 0.6 is 0 Å². The fourth-order valence-corrected chi connectivity index (χ4v) is 1.18.